The average Bonchev–Trinajstić information content (AvgIpc) is 2.74. The summed E-state index contributed by atoms with van der Waals surface area (Å²) in [6.45, 7) is -0.566. The molecule has 2 rings (SSSR count). The lowest BCUT2D eigenvalue weighted by molar-refractivity contribution is -0.277. The highest BCUT2D eigenvalue weighted by Gasteiger charge is 2.45. The molecule has 0 amide bonds. The van der Waals surface area contributed by atoms with Crippen LogP contribution in [-0.2, 0) is 14.2 Å². The van der Waals surface area contributed by atoms with E-state index in [1.807, 2.05) is 0 Å². The van der Waals surface area contributed by atoms with Gasteiger partial charge in [0.05, 0.1) is 20.8 Å². The number of methoxy groups -OCH3 is 4. The Labute approximate surface area is 168 Å². The third-order valence-corrected chi connectivity index (χ3v) is 4.48. The molecule has 0 spiro atoms. The van der Waals surface area contributed by atoms with Gasteiger partial charge in [-0.3, -0.25) is 0 Å². The molecule has 1 heterocycles. The van der Waals surface area contributed by atoms with E-state index in [1.54, 1.807) is 24.3 Å². The second-order valence-electron chi connectivity index (χ2n) is 6.27. The highest BCUT2D eigenvalue weighted by Crippen LogP contribution is 2.40. The molecule has 29 heavy (non-hydrogen) atoms. The van der Waals surface area contributed by atoms with Gasteiger partial charge in [-0.1, -0.05) is 6.08 Å². The van der Waals surface area contributed by atoms with Crippen molar-refractivity contribution in [1.29, 1.82) is 0 Å². The minimum atomic E-state index is -1.56. The van der Waals surface area contributed by atoms with Crippen LogP contribution in [0.15, 0.2) is 18.2 Å². The zero-order chi connectivity index (χ0) is 21.6. The summed E-state index contributed by atoms with van der Waals surface area (Å²) in [6, 6.07) is 3.31. The Morgan fingerprint density at radius 1 is 0.966 bits per heavy atom. The molecule has 0 aromatic heterocycles. The summed E-state index contributed by atoms with van der Waals surface area (Å²) in [4.78, 5) is 0. The first kappa shape index (κ1) is 23.4. The lowest BCUT2D eigenvalue weighted by Gasteiger charge is -2.39. The summed E-state index contributed by atoms with van der Waals surface area (Å²) in [6.07, 6.45) is -4.19. The largest absolute Gasteiger partial charge is 0.493 e. The summed E-state index contributed by atoms with van der Waals surface area (Å²) in [5, 5.41) is 39.4. The van der Waals surface area contributed by atoms with E-state index < -0.39 is 43.6 Å². The van der Waals surface area contributed by atoms with Gasteiger partial charge in [0.1, 0.15) is 24.4 Å². The second-order valence-corrected chi connectivity index (χ2v) is 6.27. The number of hydrogen-bond donors (Lipinski definition) is 4. The van der Waals surface area contributed by atoms with Crippen molar-refractivity contribution >= 4 is 6.08 Å². The van der Waals surface area contributed by atoms with E-state index in [9.17, 15) is 20.4 Å². The van der Waals surface area contributed by atoms with Gasteiger partial charge in [-0.05, 0) is 23.8 Å². The molecule has 0 saturated carbocycles. The molecule has 1 aliphatic heterocycles. The average molecular weight is 416 g/mol. The molecule has 10 heteroatoms. The van der Waals surface area contributed by atoms with Crippen molar-refractivity contribution in [2.45, 2.75) is 37.0 Å². The standard InChI is InChI=1S/C19H28O10/c1-24-11-7-10(5-6-14(26-3)27-4)8-12(25-2)18(11)29-19-17(23)16(22)15(21)13(9-20)28-19/h5-8,13-17,19-23H,9H2,1-4H3/t13-,15-,16+,17-,19+/m1/s1. The predicted molar refractivity (Wildman–Crippen MR) is 101 cm³/mol. The van der Waals surface area contributed by atoms with Crippen LogP contribution in [0, 0.1) is 0 Å². The van der Waals surface area contributed by atoms with Crippen molar-refractivity contribution in [1.82, 2.24) is 0 Å². The molecule has 1 saturated heterocycles. The SMILES string of the molecule is COc1cc(C=CC(OC)OC)cc(OC)c1O[C@@H]1O[C@H](CO)[C@@H](O)[C@H](O)[C@H]1O. The van der Waals surface area contributed by atoms with Crippen LogP contribution in [0.25, 0.3) is 6.08 Å². The monoisotopic (exact) mass is 416 g/mol. The first-order valence-electron chi connectivity index (χ1n) is 8.87. The molecule has 5 atom stereocenters. The summed E-state index contributed by atoms with van der Waals surface area (Å²) in [7, 11) is 5.87. The van der Waals surface area contributed by atoms with Gasteiger partial charge in [-0.15, -0.1) is 0 Å². The van der Waals surface area contributed by atoms with Crippen LogP contribution < -0.4 is 14.2 Å². The van der Waals surface area contributed by atoms with Crippen LogP contribution in [0.2, 0.25) is 0 Å². The number of hydrogen-bond acceptors (Lipinski definition) is 10. The van der Waals surface area contributed by atoms with Gasteiger partial charge in [0.25, 0.3) is 0 Å². The van der Waals surface area contributed by atoms with Crippen molar-refractivity contribution in [2.24, 2.45) is 0 Å². The van der Waals surface area contributed by atoms with E-state index in [4.69, 9.17) is 28.4 Å². The van der Waals surface area contributed by atoms with E-state index in [0.717, 1.165) is 0 Å². The van der Waals surface area contributed by atoms with Gasteiger partial charge in [0, 0.05) is 14.2 Å². The van der Waals surface area contributed by atoms with E-state index in [-0.39, 0.29) is 17.2 Å². The number of benzene rings is 1. The summed E-state index contributed by atoms with van der Waals surface area (Å²) < 4.78 is 32.0. The van der Waals surface area contributed by atoms with Crippen LogP contribution in [0.3, 0.4) is 0 Å². The van der Waals surface area contributed by atoms with Crippen LogP contribution in [0.1, 0.15) is 5.56 Å². The van der Waals surface area contributed by atoms with Crippen LogP contribution in [-0.4, -0.2) is 92.5 Å². The summed E-state index contributed by atoms with van der Waals surface area (Å²) in [5.74, 6) is 0.659. The molecule has 10 nitrogen and oxygen atoms in total. The highest BCUT2D eigenvalue weighted by atomic mass is 16.7. The Bertz CT molecular complexity index is 648. The summed E-state index contributed by atoms with van der Waals surface area (Å²) >= 11 is 0. The second kappa shape index (κ2) is 10.7. The minimum absolute atomic E-state index is 0.117. The molecule has 0 bridgehead atoms. The van der Waals surface area contributed by atoms with Gasteiger partial charge in [0.2, 0.25) is 12.0 Å². The first-order valence-corrected chi connectivity index (χ1v) is 8.87. The molecule has 4 N–H and O–H groups in total. The van der Waals surface area contributed by atoms with Gasteiger partial charge in [-0.2, -0.15) is 0 Å². The van der Waals surface area contributed by atoms with Gasteiger partial charge < -0.3 is 48.8 Å². The maximum absolute atomic E-state index is 10.2. The molecule has 1 aromatic carbocycles. The number of rotatable bonds is 9. The van der Waals surface area contributed by atoms with Crippen LogP contribution >= 0.6 is 0 Å². The molecule has 164 valence electrons. The Morgan fingerprint density at radius 3 is 2.03 bits per heavy atom. The normalized spacial score (nSPS) is 27.4. The maximum atomic E-state index is 10.2. The fourth-order valence-corrected chi connectivity index (χ4v) is 2.84. The van der Waals surface area contributed by atoms with Crippen molar-refractivity contribution in [3.8, 4) is 17.2 Å². The molecule has 1 aliphatic rings. The predicted octanol–water partition coefficient (Wildman–Crippen LogP) is -0.485. The fraction of sp³-hybridized carbons (Fsp3) is 0.579. The van der Waals surface area contributed by atoms with E-state index >= 15 is 0 Å². The van der Waals surface area contributed by atoms with Crippen molar-refractivity contribution in [3.63, 3.8) is 0 Å². The van der Waals surface area contributed by atoms with Gasteiger partial charge in [-0.25, -0.2) is 0 Å². The zero-order valence-electron chi connectivity index (χ0n) is 16.7. The first-order chi connectivity index (χ1) is 13.9. The quantitative estimate of drug-likeness (QED) is 0.391. The molecule has 0 unspecified atom stereocenters. The smallest absolute Gasteiger partial charge is 0.229 e. The van der Waals surface area contributed by atoms with Crippen molar-refractivity contribution in [2.75, 3.05) is 35.0 Å². The van der Waals surface area contributed by atoms with E-state index in [2.05, 4.69) is 0 Å². The Hall–Kier alpha value is -1.92. The fourth-order valence-electron chi connectivity index (χ4n) is 2.84. The minimum Gasteiger partial charge on any atom is -0.493 e. The van der Waals surface area contributed by atoms with Crippen LogP contribution in [0.4, 0.5) is 0 Å². The lowest BCUT2D eigenvalue weighted by Crippen LogP contribution is -2.60. The topological polar surface area (TPSA) is 136 Å². The van der Waals surface area contributed by atoms with Crippen molar-refractivity contribution in [3.05, 3.63) is 23.8 Å². The molecule has 0 radical (unpaired) electrons. The molecular weight excluding hydrogens is 388 g/mol. The molecule has 0 aliphatic carbocycles. The molecule has 1 aromatic rings. The van der Waals surface area contributed by atoms with Crippen molar-refractivity contribution < 1.29 is 48.8 Å². The van der Waals surface area contributed by atoms with E-state index in [1.165, 1.54) is 28.4 Å². The van der Waals surface area contributed by atoms with Gasteiger partial charge in [0.15, 0.2) is 17.8 Å². The van der Waals surface area contributed by atoms with Crippen LogP contribution in [0.5, 0.6) is 17.2 Å². The molecular formula is C19H28O10. The van der Waals surface area contributed by atoms with E-state index in [0.29, 0.717) is 5.56 Å². The number of aliphatic hydroxyl groups excluding tert-OH is 4. The third-order valence-electron chi connectivity index (χ3n) is 4.48. The highest BCUT2D eigenvalue weighted by molar-refractivity contribution is 5.62. The number of ether oxygens (including phenoxy) is 6. The molecule has 1 fully saturated rings. The Balaban J connectivity index is 2.32. The van der Waals surface area contributed by atoms with Gasteiger partial charge >= 0.3 is 0 Å². The third kappa shape index (κ3) is 5.37. The Morgan fingerprint density at radius 2 is 1.55 bits per heavy atom. The maximum Gasteiger partial charge on any atom is 0.229 e. The Kier molecular flexibility index (Phi) is 8.65. The zero-order valence-corrected chi connectivity index (χ0v) is 16.7. The lowest BCUT2D eigenvalue weighted by atomic mass is 9.99. The summed E-state index contributed by atoms with van der Waals surface area (Å²) in [5.41, 5.74) is 0.693. The number of aliphatic hydroxyl groups is 4.